The molecular formula is C7H7NOS. The summed E-state index contributed by atoms with van der Waals surface area (Å²) < 4.78 is 5.29. The molecule has 52 valence electrons. The minimum atomic E-state index is 0.750. The van der Waals surface area contributed by atoms with Crippen molar-refractivity contribution < 1.29 is 4.74 Å². The van der Waals surface area contributed by atoms with Crippen LogP contribution >= 0.6 is 12.6 Å². The molecule has 0 amide bonds. The van der Waals surface area contributed by atoms with E-state index in [-0.39, 0.29) is 0 Å². The quantitative estimate of drug-likeness (QED) is 0.567. The van der Waals surface area contributed by atoms with E-state index in [4.69, 9.17) is 4.74 Å². The molecule has 1 aliphatic heterocycles. The van der Waals surface area contributed by atoms with Gasteiger partial charge in [-0.05, 0) is 6.07 Å². The second-order valence-electron chi connectivity index (χ2n) is 2.20. The van der Waals surface area contributed by atoms with Gasteiger partial charge in [0.25, 0.3) is 0 Å². The number of pyridine rings is 1. The van der Waals surface area contributed by atoms with Gasteiger partial charge in [-0.3, -0.25) is 4.98 Å². The summed E-state index contributed by atoms with van der Waals surface area (Å²) in [4.78, 5) is 5.04. The lowest BCUT2D eigenvalue weighted by Crippen LogP contribution is -1.86. The van der Waals surface area contributed by atoms with Crippen LogP contribution in [0.5, 0.6) is 5.75 Å². The molecule has 0 aliphatic carbocycles. The van der Waals surface area contributed by atoms with Gasteiger partial charge >= 0.3 is 0 Å². The zero-order valence-electron chi connectivity index (χ0n) is 5.37. The SMILES string of the molecule is Sc1ccnc2c1OCC2. The van der Waals surface area contributed by atoms with Crippen LogP contribution in [0.15, 0.2) is 17.2 Å². The van der Waals surface area contributed by atoms with Gasteiger partial charge in [-0.1, -0.05) is 0 Å². The first kappa shape index (κ1) is 6.04. The van der Waals surface area contributed by atoms with Crippen LogP contribution in [0.1, 0.15) is 5.69 Å². The molecule has 0 bridgehead atoms. The third-order valence-corrected chi connectivity index (χ3v) is 1.89. The Morgan fingerprint density at radius 3 is 3.30 bits per heavy atom. The van der Waals surface area contributed by atoms with Gasteiger partial charge in [0, 0.05) is 17.5 Å². The molecular weight excluding hydrogens is 146 g/mol. The maximum Gasteiger partial charge on any atom is 0.154 e. The molecule has 1 aliphatic rings. The van der Waals surface area contributed by atoms with Crippen molar-refractivity contribution in [3.05, 3.63) is 18.0 Å². The molecule has 3 heteroatoms. The Morgan fingerprint density at radius 1 is 1.60 bits per heavy atom. The minimum Gasteiger partial charge on any atom is -0.490 e. The highest BCUT2D eigenvalue weighted by Gasteiger charge is 2.14. The lowest BCUT2D eigenvalue weighted by atomic mass is 10.3. The van der Waals surface area contributed by atoms with Crippen molar-refractivity contribution in [3.63, 3.8) is 0 Å². The number of ether oxygens (including phenoxy) is 1. The van der Waals surface area contributed by atoms with Gasteiger partial charge in [-0.2, -0.15) is 0 Å². The first-order valence-corrected chi connectivity index (χ1v) is 3.62. The maximum atomic E-state index is 5.29. The fourth-order valence-electron chi connectivity index (χ4n) is 1.07. The van der Waals surface area contributed by atoms with E-state index in [9.17, 15) is 0 Å². The smallest absolute Gasteiger partial charge is 0.154 e. The highest BCUT2D eigenvalue weighted by Crippen LogP contribution is 2.29. The van der Waals surface area contributed by atoms with Gasteiger partial charge in [0.05, 0.1) is 12.3 Å². The Labute approximate surface area is 64.6 Å². The van der Waals surface area contributed by atoms with E-state index in [0.29, 0.717) is 0 Å². The molecule has 1 aromatic rings. The highest BCUT2D eigenvalue weighted by atomic mass is 32.1. The van der Waals surface area contributed by atoms with Crippen molar-refractivity contribution >= 4 is 12.6 Å². The Hall–Kier alpha value is -0.700. The van der Waals surface area contributed by atoms with Crippen molar-refractivity contribution in [1.82, 2.24) is 4.98 Å². The van der Waals surface area contributed by atoms with Crippen LogP contribution in [0, 0.1) is 0 Å². The number of aromatic nitrogens is 1. The van der Waals surface area contributed by atoms with Gasteiger partial charge in [0.2, 0.25) is 0 Å². The largest absolute Gasteiger partial charge is 0.490 e. The Morgan fingerprint density at radius 2 is 2.50 bits per heavy atom. The third kappa shape index (κ3) is 0.778. The second kappa shape index (κ2) is 2.16. The molecule has 10 heavy (non-hydrogen) atoms. The van der Waals surface area contributed by atoms with E-state index in [1.807, 2.05) is 6.07 Å². The molecule has 0 radical (unpaired) electrons. The van der Waals surface area contributed by atoms with E-state index in [1.165, 1.54) is 0 Å². The van der Waals surface area contributed by atoms with Crippen molar-refractivity contribution in [2.75, 3.05) is 6.61 Å². The molecule has 0 atom stereocenters. The van der Waals surface area contributed by atoms with Gasteiger partial charge in [0.1, 0.15) is 0 Å². The first-order chi connectivity index (χ1) is 4.88. The summed E-state index contributed by atoms with van der Waals surface area (Å²) in [5, 5.41) is 0. The molecule has 0 unspecified atom stereocenters. The summed E-state index contributed by atoms with van der Waals surface area (Å²) in [7, 11) is 0. The van der Waals surface area contributed by atoms with Crippen LogP contribution in [0.4, 0.5) is 0 Å². The van der Waals surface area contributed by atoms with Crippen molar-refractivity contribution in [1.29, 1.82) is 0 Å². The van der Waals surface area contributed by atoms with E-state index >= 15 is 0 Å². The van der Waals surface area contributed by atoms with Crippen molar-refractivity contribution in [2.45, 2.75) is 11.3 Å². The predicted octanol–water partition coefficient (Wildman–Crippen LogP) is 1.31. The van der Waals surface area contributed by atoms with E-state index < -0.39 is 0 Å². The standard InChI is InChI=1S/C7H7NOS/c10-6-1-3-8-5-2-4-9-7(5)6/h1,3H,2,4H2,(H,8,10). The lowest BCUT2D eigenvalue weighted by Gasteiger charge is -1.98. The summed E-state index contributed by atoms with van der Waals surface area (Å²) in [6.07, 6.45) is 2.68. The molecule has 0 saturated carbocycles. The maximum absolute atomic E-state index is 5.29. The minimum absolute atomic E-state index is 0.750. The van der Waals surface area contributed by atoms with Gasteiger partial charge in [0.15, 0.2) is 5.75 Å². The molecule has 0 spiro atoms. The number of thiol groups is 1. The molecule has 2 rings (SSSR count). The van der Waals surface area contributed by atoms with Crippen LogP contribution in [0.3, 0.4) is 0 Å². The van der Waals surface area contributed by atoms with Crippen LogP contribution in [0.2, 0.25) is 0 Å². The molecule has 0 fully saturated rings. The van der Waals surface area contributed by atoms with Gasteiger partial charge in [-0.15, -0.1) is 12.6 Å². The van der Waals surface area contributed by atoms with Crippen molar-refractivity contribution in [2.24, 2.45) is 0 Å². The fourth-order valence-corrected chi connectivity index (χ4v) is 1.33. The summed E-state index contributed by atoms with van der Waals surface area (Å²) in [5.74, 6) is 0.867. The average Bonchev–Trinajstić information content (AvgIpc) is 2.36. The second-order valence-corrected chi connectivity index (χ2v) is 2.69. The number of nitrogens with zero attached hydrogens (tertiary/aromatic N) is 1. The summed E-state index contributed by atoms with van der Waals surface area (Å²) in [6, 6.07) is 1.84. The Balaban J connectivity index is 2.59. The summed E-state index contributed by atoms with van der Waals surface area (Å²) >= 11 is 4.22. The average molecular weight is 153 g/mol. The Bertz CT molecular complexity index is 262. The zero-order valence-corrected chi connectivity index (χ0v) is 6.27. The van der Waals surface area contributed by atoms with Gasteiger partial charge in [-0.25, -0.2) is 0 Å². The monoisotopic (exact) mass is 153 g/mol. The molecule has 1 aromatic heterocycles. The van der Waals surface area contributed by atoms with Crippen LogP contribution in [-0.4, -0.2) is 11.6 Å². The van der Waals surface area contributed by atoms with Crippen LogP contribution in [0.25, 0.3) is 0 Å². The number of hydrogen-bond acceptors (Lipinski definition) is 3. The number of hydrogen-bond donors (Lipinski definition) is 1. The third-order valence-electron chi connectivity index (χ3n) is 1.54. The fraction of sp³-hybridized carbons (Fsp3) is 0.286. The lowest BCUT2D eigenvalue weighted by molar-refractivity contribution is 0.350. The normalized spacial score (nSPS) is 14.5. The summed E-state index contributed by atoms with van der Waals surface area (Å²) in [5.41, 5.74) is 1.03. The van der Waals surface area contributed by atoms with E-state index in [0.717, 1.165) is 29.4 Å². The molecule has 0 saturated heterocycles. The number of rotatable bonds is 0. The molecule has 0 N–H and O–H groups in total. The zero-order chi connectivity index (χ0) is 6.97. The van der Waals surface area contributed by atoms with Gasteiger partial charge < -0.3 is 4.74 Å². The topological polar surface area (TPSA) is 22.1 Å². The van der Waals surface area contributed by atoms with E-state index in [1.54, 1.807) is 6.20 Å². The Kier molecular flexibility index (Phi) is 1.31. The highest BCUT2D eigenvalue weighted by molar-refractivity contribution is 7.80. The molecule has 2 nitrogen and oxygen atoms in total. The molecule has 0 aromatic carbocycles. The van der Waals surface area contributed by atoms with Crippen LogP contribution < -0.4 is 4.74 Å². The van der Waals surface area contributed by atoms with E-state index in [2.05, 4.69) is 17.6 Å². The first-order valence-electron chi connectivity index (χ1n) is 3.17. The summed E-state index contributed by atoms with van der Waals surface area (Å²) in [6.45, 7) is 0.750. The molecule has 2 heterocycles. The van der Waals surface area contributed by atoms with Crippen LogP contribution in [-0.2, 0) is 6.42 Å². The van der Waals surface area contributed by atoms with Crippen molar-refractivity contribution in [3.8, 4) is 5.75 Å². The number of fused-ring (bicyclic) bond motifs is 1. The predicted molar refractivity (Wildman–Crippen MR) is 40.7 cm³/mol.